The molecule has 2 aromatic rings. The summed E-state index contributed by atoms with van der Waals surface area (Å²) in [5, 5.41) is 0. The van der Waals surface area contributed by atoms with Crippen molar-refractivity contribution in [2.24, 2.45) is 0 Å². The molecule has 0 unspecified atom stereocenters. The summed E-state index contributed by atoms with van der Waals surface area (Å²) in [5.41, 5.74) is 2.34. The SMILES string of the molecule is C=CC(=O)OC(C)=C(C)Oc1ccc(CCc2ccc(OC(C)=C(C)OC(=O)C=C)cc2)cc1. The highest BCUT2D eigenvalue weighted by Gasteiger charge is 2.07. The Balaban J connectivity index is 1.90. The summed E-state index contributed by atoms with van der Waals surface area (Å²) in [6.45, 7) is 13.6. The van der Waals surface area contributed by atoms with Gasteiger partial charge >= 0.3 is 11.9 Å². The van der Waals surface area contributed by atoms with Crippen LogP contribution >= 0.6 is 0 Å². The molecule has 0 aliphatic carbocycles. The molecule has 0 aromatic heterocycles. The number of carbonyl (C=O) groups is 2. The summed E-state index contributed by atoms with van der Waals surface area (Å²) in [6, 6.07) is 15.6. The van der Waals surface area contributed by atoms with Crippen molar-refractivity contribution < 1.29 is 28.5 Å². The number of ether oxygens (including phenoxy) is 4. The molecule has 2 aromatic carbocycles. The fraction of sp³-hybridized carbons (Fsp3) is 0.214. The maximum absolute atomic E-state index is 11.3. The standard InChI is InChI=1S/C28H30O6/c1-7-27(29)33-21(5)19(3)31-25-15-11-23(12-16-25)9-10-24-13-17-26(18-14-24)32-20(4)22(6)34-28(30)8-2/h7-8,11-18H,1-2,9-10H2,3-6H3. The average molecular weight is 463 g/mol. The largest absolute Gasteiger partial charge is 0.459 e. The fourth-order valence-corrected chi connectivity index (χ4v) is 2.76. The van der Waals surface area contributed by atoms with Gasteiger partial charge in [-0.3, -0.25) is 0 Å². The van der Waals surface area contributed by atoms with Crippen molar-refractivity contribution in [3.05, 3.63) is 108 Å². The van der Waals surface area contributed by atoms with Crippen LogP contribution in [0.1, 0.15) is 38.8 Å². The monoisotopic (exact) mass is 462 g/mol. The summed E-state index contributed by atoms with van der Waals surface area (Å²) >= 11 is 0. The van der Waals surface area contributed by atoms with Gasteiger partial charge in [0.2, 0.25) is 0 Å². The first kappa shape index (κ1) is 26.2. The Morgan fingerprint density at radius 2 is 0.941 bits per heavy atom. The first-order valence-electron chi connectivity index (χ1n) is 10.8. The minimum absolute atomic E-state index is 0.389. The van der Waals surface area contributed by atoms with Gasteiger partial charge in [-0.15, -0.1) is 0 Å². The Labute approximate surface area is 200 Å². The van der Waals surface area contributed by atoms with E-state index in [1.165, 1.54) is 11.1 Å². The third-order valence-electron chi connectivity index (χ3n) is 4.92. The highest BCUT2D eigenvalue weighted by atomic mass is 16.6. The molecule has 0 fully saturated rings. The van der Waals surface area contributed by atoms with Crippen molar-refractivity contribution in [3.63, 3.8) is 0 Å². The van der Waals surface area contributed by atoms with Gasteiger partial charge < -0.3 is 18.9 Å². The third-order valence-corrected chi connectivity index (χ3v) is 4.92. The minimum Gasteiger partial charge on any atom is -0.459 e. The number of hydrogen-bond donors (Lipinski definition) is 0. The maximum atomic E-state index is 11.3. The number of carbonyl (C=O) groups excluding carboxylic acids is 2. The van der Waals surface area contributed by atoms with Gasteiger partial charge in [-0.1, -0.05) is 37.4 Å². The van der Waals surface area contributed by atoms with E-state index in [9.17, 15) is 9.59 Å². The van der Waals surface area contributed by atoms with Crippen LogP contribution in [0.5, 0.6) is 11.5 Å². The molecule has 0 saturated carbocycles. The number of allylic oxidation sites excluding steroid dienone is 4. The predicted octanol–water partition coefficient (Wildman–Crippen LogP) is 6.19. The molecule has 0 amide bonds. The van der Waals surface area contributed by atoms with Crippen molar-refractivity contribution in [1.82, 2.24) is 0 Å². The van der Waals surface area contributed by atoms with Crippen molar-refractivity contribution in [3.8, 4) is 11.5 Å². The highest BCUT2D eigenvalue weighted by Crippen LogP contribution is 2.20. The number of esters is 2. The second-order valence-electron chi connectivity index (χ2n) is 7.47. The van der Waals surface area contributed by atoms with Crippen molar-refractivity contribution >= 4 is 11.9 Å². The van der Waals surface area contributed by atoms with E-state index in [1.54, 1.807) is 27.7 Å². The summed E-state index contributed by atoms with van der Waals surface area (Å²) in [5.74, 6) is 2.06. The van der Waals surface area contributed by atoms with Crippen molar-refractivity contribution in [2.45, 2.75) is 40.5 Å². The second kappa shape index (κ2) is 12.8. The zero-order chi connectivity index (χ0) is 25.1. The highest BCUT2D eigenvalue weighted by molar-refractivity contribution is 5.82. The molecule has 0 saturated heterocycles. The molecule has 6 heteroatoms. The van der Waals surface area contributed by atoms with E-state index in [4.69, 9.17) is 18.9 Å². The molecule has 0 aliphatic heterocycles. The van der Waals surface area contributed by atoms with Gasteiger partial charge in [0.1, 0.15) is 34.5 Å². The Morgan fingerprint density at radius 1 is 0.618 bits per heavy atom. The first-order chi connectivity index (χ1) is 16.2. The van der Waals surface area contributed by atoms with E-state index in [0.29, 0.717) is 34.5 Å². The Hall–Kier alpha value is -4.06. The van der Waals surface area contributed by atoms with E-state index in [-0.39, 0.29) is 0 Å². The molecular formula is C28H30O6. The second-order valence-corrected chi connectivity index (χ2v) is 7.47. The predicted molar refractivity (Wildman–Crippen MR) is 131 cm³/mol. The Bertz CT molecular complexity index is 999. The quantitative estimate of drug-likeness (QED) is 0.225. The summed E-state index contributed by atoms with van der Waals surface area (Å²) in [6.07, 6.45) is 3.94. The Kier molecular flexibility index (Phi) is 9.90. The van der Waals surface area contributed by atoms with Gasteiger partial charge in [0, 0.05) is 12.2 Å². The average Bonchev–Trinajstić information content (AvgIpc) is 2.84. The lowest BCUT2D eigenvalue weighted by molar-refractivity contribution is -0.134. The molecule has 0 atom stereocenters. The molecule has 0 bridgehead atoms. The lowest BCUT2D eigenvalue weighted by Crippen LogP contribution is -2.03. The normalized spacial score (nSPS) is 12.0. The van der Waals surface area contributed by atoms with E-state index in [2.05, 4.69) is 13.2 Å². The molecule has 6 nitrogen and oxygen atoms in total. The van der Waals surface area contributed by atoms with Crippen LogP contribution in [0.2, 0.25) is 0 Å². The number of rotatable bonds is 11. The molecule has 2 rings (SSSR count). The molecular weight excluding hydrogens is 432 g/mol. The molecule has 0 aliphatic rings. The molecule has 0 spiro atoms. The van der Waals surface area contributed by atoms with Gasteiger partial charge in [-0.05, 0) is 75.9 Å². The van der Waals surface area contributed by atoms with Gasteiger partial charge in [-0.2, -0.15) is 0 Å². The smallest absolute Gasteiger partial charge is 0.335 e. The van der Waals surface area contributed by atoms with Crippen molar-refractivity contribution in [2.75, 3.05) is 0 Å². The van der Waals surface area contributed by atoms with E-state index in [1.807, 2.05) is 48.5 Å². The van der Waals surface area contributed by atoms with Crippen LogP contribution in [0, 0.1) is 0 Å². The topological polar surface area (TPSA) is 71.1 Å². The van der Waals surface area contributed by atoms with Gasteiger partial charge in [0.05, 0.1) is 0 Å². The van der Waals surface area contributed by atoms with Gasteiger partial charge in [0.25, 0.3) is 0 Å². The van der Waals surface area contributed by atoms with E-state index in [0.717, 1.165) is 25.0 Å². The van der Waals surface area contributed by atoms with Crippen LogP contribution in [-0.4, -0.2) is 11.9 Å². The van der Waals surface area contributed by atoms with Crippen molar-refractivity contribution in [1.29, 1.82) is 0 Å². The minimum atomic E-state index is -0.522. The van der Waals surface area contributed by atoms with Gasteiger partial charge in [-0.25, -0.2) is 9.59 Å². The van der Waals surface area contributed by atoms with Crippen LogP contribution in [-0.2, 0) is 31.9 Å². The molecule has 34 heavy (non-hydrogen) atoms. The fourth-order valence-electron chi connectivity index (χ4n) is 2.76. The summed E-state index contributed by atoms with van der Waals surface area (Å²) in [4.78, 5) is 22.6. The van der Waals surface area contributed by atoms with Crippen LogP contribution in [0.4, 0.5) is 0 Å². The van der Waals surface area contributed by atoms with Crippen LogP contribution in [0.25, 0.3) is 0 Å². The Morgan fingerprint density at radius 3 is 1.24 bits per heavy atom. The number of benzene rings is 2. The van der Waals surface area contributed by atoms with Crippen LogP contribution < -0.4 is 9.47 Å². The zero-order valence-corrected chi connectivity index (χ0v) is 20.1. The maximum Gasteiger partial charge on any atom is 0.335 e. The third kappa shape index (κ3) is 8.47. The summed E-state index contributed by atoms with van der Waals surface area (Å²) in [7, 11) is 0. The number of aryl methyl sites for hydroxylation is 2. The first-order valence-corrected chi connectivity index (χ1v) is 10.8. The molecule has 0 heterocycles. The zero-order valence-electron chi connectivity index (χ0n) is 20.1. The number of hydrogen-bond acceptors (Lipinski definition) is 6. The van der Waals surface area contributed by atoms with Crippen LogP contribution in [0.15, 0.2) is 96.9 Å². The summed E-state index contributed by atoms with van der Waals surface area (Å²) < 4.78 is 21.6. The molecule has 178 valence electrons. The van der Waals surface area contributed by atoms with E-state index >= 15 is 0 Å². The lowest BCUT2D eigenvalue weighted by atomic mass is 10.0. The van der Waals surface area contributed by atoms with Crippen LogP contribution in [0.3, 0.4) is 0 Å². The van der Waals surface area contributed by atoms with Gasteiger partial charge in [0.15, 0.2) is 0 Å². The molecule has 0 N–H and O–H groups in total. The van der Waals surface area contributed by atoms with E-state index < -0.39 is 11.9 Å². The molecule has 0 radical (unpaired) electrons. The lowest BCUT2D eigenvalue weighted by Gasteiger charge is -2.11.